The van der Waals surface area contributed by atoms with E-state index in [9.17, 15) is 53.1 Å². The van der Waals surface area contributed by atoms with Crippen LogP contribution < -0.4 is 5.73 Å². The number of aliphatic hydroxyl groups excluding tert-OH is 3. The predicted octanol–water partition coefficient (Wildman–Crippen LogP) is 2.84. The number of rotatable bonds is 4. The van der Waals surface area contributed by atoms with Crippen LogP contribution in [0.25, 0.3) is 12.2 Å². The maximum atomic E-state index is 13.9. The van der Waals surface area contributed by atoms with Crippen LogP contribution >= 0.6 is 0 Å². The Balaban J connectivity index is 1.63. The van der Waals surface area contributed by atoms with Crippen LogP contribution in [0.5, 0.6) is 5.75 Å². The maximum Gasteiger partial charge on any atom is 0.416 e. The zero-order valence-corrected chi connectivity index (χ0v) is 23.6. The fourth-order valence-corrected chi connectivity index (χ4v) is 6.74. The van der Waals surface area contributed by atoms with Gasteiger partial charge in [-0.3, -0.25) is 19.3 Å². The molecule has 0 unspecified atom stereocenters. The smallest absolute Gasteiger partial charge is 0.416 e. The lowest BCUT2D eigenvalue weighted by molar-refractivity contribution is -0.162. The van der Waals surface area contributed by atoms with Crippen LogP contribution in [0.1, 0.15) is 45.5 Å². The molecule has 5 rings (SSSR count). The standard InChI is InChI=1S/C31H29F3N2O8/c1-12-16-11-8-14(7-4-13-5-9-15(10-6-13)31(32,33)34)23(37)18(16)24(38)19-17(12)25(39)21-22(36(2)3)26(40)20(29(35)43)28(42)30(21,44)27(19)41/h4-12,17,21-22,25,37,39-41,44H,1-3H3,(H2,35,43)/b7-4+/t12-,17-,21+,22-,25-,30-/m1/s1. The van der Waals surface area contributed by atoms with Gasteiger partial charge in [0, 0.05) is 17.1 Å². The number of phenols is 1. The molecule has 3 aliphatic rings. The first kappa shape index (κ1) is 31.0. The molecule has 1 amide bonds. The van der Waals surface area contributed by atoms with E-state index < -0.39 is 93.1 Å². The third-order valence-electron chi connectivity index (χ3n) is 8.86. The van der Waals surface area contributed by atoms with E-state index in [0.717, 1.165) is 12.1 Å². The van der Waals surface area contributed by atoms with Crippen molar-refractivity contribution in [2.45, 2.75) is 36.8 Å². The number of carbonyl (C=O) groups excluding carboxylic acids is 3. The zero-order chi connectivity index (χ0) is 32.6. The second-order valence-corrected chi connectivity index (χ2v) is 11.5. The summed E-state index contributed by atoms with van der Waals surface area (Å²) >= 11 is 0. The lowest BCUT2D eigenvalue weighted by atomic mass is 9.55. The Bertz CT molecular complexity index is 1690. The van der Waals surface area contributed by atoms with Gasteiger partial charge in [-0.25, -0.2) is 0 Å². The Morgan fingerprint density at radius 1 is 1.02 bits per heavy atom. The first-order valence-electron chi connectivity index (χ1n) is 13.5. The van der Waals surface area contributed by atoms with Crippen LogP contribution in [0, 0.1) is 11.8 Å². The lowest BCUT2D eigenvalue weighted by Gasteiger charge is -2.53. The number of carbonyl (C=O) groups is 3. The number of benzene rings is 2. The Morgan fingerprint density at radius 2 is 1.64 bits per heavy atom. The average molecular weight is 615 g/mol. The van der Waals surface area contributed by atoms with E-state index in [0.29, 0.717) is 5.56 Å². The predicted molar refractivity (Wildman–Crippen MR) is 150 cm³/mol. The third kappa shape index (κ3) is 4.33. The summed E-state index contributed by atoms with van der Waals surface area (Å²) in [7, 11) is 2.89. The second kappa shape index (κ2) is 10.3. The van der Waals surface area contributed by atoms with Gasteiger partial charge in [0.1, 0.15) is 22.8 Å². The number of ketones is 2. The van der Waals surface area contributed by atoms with Gasteiger partial charge in [-0.15, -0.1) is 0 Å². The highest BCUT2D eigenvalue weighted by atomic mass is 19.4. The Kier molecular flexibility index (Phi) is 7.27. The van der Waals surface area contributed by atoms with Crippen LogP contribution in [0.4, 0.5) is 13.2 Å². The van der Waals surface area contributed by atoms with E-state index in [2.05, 4.69) is 0 Å². The summed E-state index contributed by atoms with van der Waals surface area (Å²) in [6, 6.07) is 5.86. The molecule has 0 aliphatic heterocycles. The fourth-order valence-electron chi connectivity index (χ4n) is 6.74. The van der Waals surface area contributed by atoms with Gasteiger partial charge in [0.15, 0.2) is 11.4 Å². The summed E-state index contributed by atoms with van der Waals surface area (Å²) in [5.74, 6) is -9.95. The molecule has 0 spiro atoms. The summed E-state index contributed by atoms with van der Waals surface area (Å²) in [4.78, 5) is 40.9. The number of nitrogens with zero attached hydrogens (tertiary/aromatic N) is 1. The van der Waals surface area contributed by atoms with E-state index >= 15 is 0 Å². The van der Waals surface area contributed by atoms with Gasteiger partial charge in [0.2, 0.25) is 5.78 Å². The molecular formula is C31H29F3N2O8. The van der Waals surface area contributed by atoms with E-state index in [4.69, 9.17) is 5.73 Å². The Hall–Kier alpha value is -4.46. The van der Waals surface area contributed by atoms with Crippen molar-refractivity contribution in [1.29, 1.82) is 0 Å². The van der Waals surface area contributed by atoms with Crippen molar-refractivity contribution in [3.8, 4) is 5.75 Å². The van der Waals surface area contributed by atoms with Gasteiger partial charge in [-0.05, 0) is 43.3 Å². The number of Topliss-reactive ketones (excluding diaryl/α,β-unsaturated/α-hetero) is 2. The van der Waals surface area contributed by atoms with Crippen LogP contribution in [-0.4, -0.2) is 79.7 Å². The second-order valence-electron chi connectivity index (χ2n) is 11.5. The minimum atomic E-state index is -4.51. The van der Waals surface area contributed by atoms with Crippen molar-refractivity contribution >= 4 is 29.6 Å². The molecule has 0 saturated carbocycles. The highest BCUT2D eigenvalue weighted by molar-refractivity contribution is 6.25. The summed E-state index contributed by atoms with van der Waals surface area (Å²) in [5.41, 5.74) is 0.389. The van der Waals surface area contributed by atoms with Crippen LogP contribution in [0.3, 0.4) is 0 Å². The Labute approximate surface area is 248 Å². The molecule has 10 nitrogen and oxygen atoms in total. The minimum Gasteiger partial charge on any atom is -0.510 e. The SMILES string of the molecule is C[C@@H]1c2ccc(/C=C/c3ccc(C(F)(F)F)cc3)c(O)c2C(=O)C2=C(O)[C@@]3(O)C(=O)C(C(N)=O)=C(O)[C@H](N(C)C)[C@H]3[C@H](O)[C@@H]21. The molecule has 3 aliphatic carbocycles. The largest absolute Gasteiger partial charge is 0.510 e. The molecule has 0 radical (unpaired) electrons. The molecule has 44 heavy (non-hydrogen) atoms. The highest BCUT2D eigenvalue weighted by Crippen LogP contribution is 2.55. The van der Waals surface area contributed by atoms with E-state index in [1.165, 1.54) is 55.4 Å². The van der Waals surface area contributed by atoms with E-state index in [-0.39, 0.29) is 16.7 Å². The summed E-state index contributed by atoms with van der Waals surface area (Å²) in [5, 5.41) is 56.9. The fraction of sp³-hybridized carbons (Fsp3) is 0.323. The normalized spacial score (nSPS) is 28.8. The summed E-state index contributed by atoms with van der Waals surface area (Å²) in [6.07, 6.45) is -3.44. The van der Waals surface area contributed by atoms with Crippen LogP contribution in [0.15, 0.2) is 59.1 Å². The number of fused-ring (bicyclic) bond motifs is 3. The van der Waals surface area contributed by atoms with Gasteiger partial charge >= 0.3 is 6.18 Å². The first-order chi connectivity index (χ1) is 20.4. The lowest BCUT2D eigenvalue weighted by Crippen LogP contribution is -2.68. The molecule has 7 N–H and O–H groups in total. The number of primary amides is 1. The molecule has 2 aromatic carbocycles. The number of aliphatic hydroxyl groups is 4. The van der Waals surface area contributed by atoms with Crippen molar-refractivity contribution in [3.05, 3.63) is 86.9 Å². The summed E-state index contributed by atoms with van der Waals surface area (Å²) in [6.45, 7) is 1.60. The van der Waals surface area contributed by atoms with Crippen molar-refractivity contribution in [2.24, 2.45) is 17.6 Å². The van der Waals surface area contributed by atoms with E-state index in [1.54, 1.807) is 6.92 Å². The van der Waals surface area contributed by atoms with Crippen molar-refractivity contribution < 1.29 is 53.1 Å². The number of likely N-dealkylation sites (N-methyl/N-ethyl adjacent to an activating group) is 1. The van der Waals surface area contributed by atoms with E-state index in [1.807, 2.05) is 0 Å². The molecule has 0 bridgehead atoms. The van der Waals surface area contributed by atoms with Gasteiger partial charge in [-0.2, -0.15) is 13.2 Å². The number of phenolic OH excluding ortho intramolecular Hbond substituents is 1. The number of hydrogen-bond donors (Lipinski definition) is 6. The number of nitrogens with two attached hydrogens (primary N) is 1. The highest BCUT2D eigenvalue weighted by Gasteiger charge is 2.67. The molecule has 0 fully saturated rings. The van der Waals surface area contributed by atoms with Gasteiger partial charge in [0.25, 0.3) is 5.91 Å². The molecule has 232 valence electrons. The van der Waals surface area contributed by atoms with Crippen molar-refractivity contribution in [2.75, 3.05) is 14.1 Å². The van der Waals surface area contributed by atoms with Gasteiger partial charge in [0.05, 0.1) is 29.2 Å². The number of alkyl halides is 3. The number of halogens is 3. The molecule has 0 heterocycles. The molecule has 0 saturated heterocycles. The minimum absolute atomic E-state index is 0.0981. The monoisotopic (exact) mass is 614 g/mol. The Morgan fingerprint density at radius 3 is 2.18 bits per heavy atom. The maximum absolute atomic E-state index is 13.9. The number of amides is 1. The average Bonchev–Trinajstić information content (AvgIpc) is 2.93. The van der Waals surface area contributed by atoms with Gasteiger partial charge < -0.3 is 31.3 Å². The van der Waals surface area contributed by atoms with Crippen molar-refractivity contribution in [1.82, 2.24) is 4.90 Å². The molecular weight excluding hydrogens is 585 g/mol. The first-order valence-corrected chi connectivity index (χ1v) is 13.5. The van der Waals surface area contributed by atoms with Crippen molar-refractivity contribution in [3.63, 3.8) is 0 Å². The molecule has 2 aromatic rings. The zero-order valence-electron chi connectivity index (χ0n) is 23.6. The molecule has 6 atom stereocenters. The topological polar surface area (TPSA) is 182 Å². The quantitative estimate of drug-likeness (QED) is 0.223. The third-order valence-corrected chi connectivity index (χ3v) is 8.86. The van der Waals surface area contributed by atoms with Crippen LogP contribution in [-0.2, 0) is 15.8 Å². The van der Waals surface area contributed by atoms with Gasteiger partial charge in [-0.1, -0.05) is 43.3 Å². The number of hydrogen-bond acceptors (Lipinski definition) is 9. The summed E-state index contributed by atoms with van der Waals surface area (Å²) < 4.78 is 38.7. The molecule has 13 heteroatoms. The van der Waals surface area contributed by atoms with Crippen LogP contribution in [0.2, 0.25) is 0 Å². The molecule has 0 aromatic heterocycles. The number of aromatic hydroxyl groups is 1.